The highest BCUT2D eigenvalue weighted by molar-refractivity contribution is 7.92. The van der Waals surface area contributed by atoms with Gasteiger partial charge in [-0.25, -0.2) is 8.42 Å². The molecule has 188 valence electrons. The van der Waals surface area contributed by atoms with Gasteiger partial charge in [0.2, 0.25) is 11.8 Å². The summed E-state index contributed by atoms with van der Waals surface area (Å²) in [4.78, 5) is 26.9. The number of sulfonamides is 1. The van der Waals surface area contributed by atoms with Crippen LogP contribution in [0.25, 0.3) is 0 Å². The van der Waals surface area contributed by atoms with Gasteiger partial charge in [-0.05, 0) is 72.5 Å². The molecule has 0 spiro atoms. The molecule has 0 saturated carbocycles. The summed E-state index contributed by atoms with van der Waals surface area (Å²) in [5.41, 5.74) is 2.80. The lowest BCUT2D eigenvalue weighted by Gasteiger charge is -2.20. The highest BCUT2D eigenvalue weighted by Crippen LogP contribution is 2.24. The number of halogens is 1. The Morgan fingerprint density at radius 2 is 1.42 bits per heavy atom. The van der Waals surface area contributed by atoms with Crippen LogP contribution in [0.1, 0.15) is 24.0 Å². The maximum Gasteiger partial charge on any atom is 0.264 e. The molecule has 1 aliphatic rings. The van der Waals surface area contributed by atoms with Gasteiger partial charge >= 0.3 is 0 Å². The molecule has 9 heteroatoms. The third kappa shape index (κ3) is 6.25. The standard InChI is InChI=1S/C27H28ClN3O4S/c1-30(36(34,35)25-14-8-22(28)9-15-25)24-12-6-20(7-13-24)18-26(32)29-23-10-4-21(5-11-23)19-27(33)31-16-2-3-17-31/h4-15H,2-3,16-19H2,1H3,(H,29,32). The summed E-state index contributed by atoms with van der Waals surface area (Å²) < 4.78 is 26.9. The van der Waals surface area contributed by atoms with Crippen LogP contribution in [0.2, 0.25) is 5.02 Å². The molecule has 1 heterocycles. The fraction of sp³-hybridized carbons (Fsp3) is 0.259. The average molecular weight is 526 g/mol. The fourth-order valence-corrected chi connectivity index (χ4v) is 5.40. The van der Waals surface area contributed by atoms with Gasteiger partial charge in [-0.2, -0.15) is 0 Å². The largest absolute Gasteiger partial charge is 0.342 e. The molecule has 1 fully saturated rings. The van der Waals surface area contributed by atoms with E-state index in [1.165, 1.54) is 35.6 Å². The molecule has 0 atom stereocenters. The monoisotopic (exact) mass is 525 g/mol. The van der Waals surface area contributed by atoms with E-state index in [2.05, 4.69) is 5.32 Å². The zero-order valence-corrected chi connectivity index (χ0v) is 21.6. The second-order valence-corrected chi connectivity index (χ2v) is 11.2. The van der Waals surface area contributed by atoms with E-state index in [1.807, 2.05) is 17.0 Å². The molecule has 1 N–H and O–H groups in total. The lowest BCUT2D eigenvalue weighted by molar-refractivity contribution is -0.129. The number of nitrogens with one attached hydrogen (secondary N) is 1. The first-order valence-electron chi connectivity index (χ1n) is 11.7. The van der Waals surface area contributed by atoms with Gasteiger partial charge in [0.05, 0.1) is 23.4 Å². The van der Waals surface area contributed by atoms with Crippen molar-refractivity contribution >= 4 is 44.8 Å². The van der Waals surface area contributed by atoms with Crippen molar-refractivity contribution in [3.63, 3.8) is 0 Å². The number of hydrogen-bond acceptors (Lipinski definition) is 4. The first-order chi connectivity index (χ1) is 17.2. The quantitative estimate of drug-likeness (QED) is 0.469. The van der Waals surface area contributed by atoms with Gasteiger partial charge in [-0.15, -0.1) is 0 Å². The molecule has 4 rings (SSSR count). The topological polar surface area (TPSA) is 86.8 Å². The SMILES string of the molecule is CN(c1ccc(CC(=O)Nc2ccc(CC(=O)N3CCCC3)cc2)cc1)S(=O)(=O)c1ccc(Cl)cc1. The third-order valence-corrected chi connectivity index (χ3v) is 8.24. The average Bonchev–Trinajstić information content (AvgIpc) is 3.41. The maximum atomic E-state index is 12.9. The molecule has 0 aromatic heterocycles. The van der Waals surface area contributed by atoms with Crippen LogP contribution in [0.3, 0.4) is 0 Å². The highest BCUT2D eigenvalue weighted by Gasteiger charge is 2.21. The number of amides is 2. The molecule has 0 unspecified atom stereocenters. The van der Waals surface area contributed by atoms with E-state index < -0.39 is 10.0 Å². The zero-order chi connectivity index (χ0) is 25.7. The predicted molar refractivity (Wildman–Crippen MR) is 142 cm³/mol. The summed E-state index contributed by atoms with van der Waals surface area (Å²) in [6.45, 7) is 1.67. The van der Waals surface area contributed by atoms with Gasteiger partial charge < -0.3 is 10.2 Å². The Hall–Kier alpha value is -3.36. The molecule has 7 nitrogen and oxygen atoms in total. The van der Waals surface area contributed by atoms with Crippen LogP contribution in [0, 0.1) is 0 Å². The normalized spacial score (nSPS) is 13.4. The van der Waals surface area contributed by atoms with Crippen LogP contribution in [-0.2, 0) is 32.5 Å². The minimum absolute atomic E-state index is 0.138. The summed E-state index contributed by atoms with van der Waals surface area (Å²) in [5.74, 6) is -0.0508. The molecule has 1 saturated heterocycles. The number of nitrogens with zero attached hydrogens (tertiary/aromatic N) is 2. The lowest BCUT2D eigenvalue weighted by Crippen LogP contribution is -2.29. The van der Waals surface area contributed by atoms with Crippen molar-refractivity contribution < 1.29 is 18.0 Å². The number of rotatable bonds is 8. The molecular weight excluding hydrogens is 498 g/mol. The van der Waals surface area contributed by atoms with Crippen molar-refractivity contribution in [2.75, 3.05) is 29.8 Å². The second kappa shape index (κ2) is 11.1. The Morgan fingerprint density at radius 1 is 0.861 bits per heavy atom. The summed E-state index contributed by atoms with van der Waals surface area (Å²) >= 11 is 5.86. The molecule has 36 heavy (non-hydrogen) atoms. The van der Waals surface area contributed by atoms with Crippen LogP contribution in [0.4, 0.5) is 11.4 Å². The number of likely N-dealkylation sites (tertiary alicyclic amines) is 1. The minimum atomic E-state index is -3.73. The Kier molecular flexibility index (Phi) is 7.96. The van der Waals surface area contributed by atoms with E-state index in [1.54, 1.807) is 36.4 Å². The number of anilines is 2. The Bertz CT molecular complexity index is 1320. The summed E-state index contributed by atoms with van der Waals surface area (Å²) in [6, 6.07) is 20.1. The summed E-state index contributed by atoms with van der Waals surface area (Å²) in [7, 11) is -2.25. The Labute approximate surface area is 216 Å². The molecule has 0 radical (unpaired) electrons. The van der Waals surface area contributed by atoms with Crippen molar-refractivity contribution in [3.8, 4) is 0 Å². The molecule has 3 aromatic carbocycles. The number of carbonyl (C=O) groups is 2. The van der Waals surface area contributed by atoms with Gasteiger partial charge in [-0.3, -0.25) is 13.9 Å². The molecule has 1 aliphatic heterocycles. The molecular formula is C27H28ClN3O4S. The Morgan fingerprint density at radius 3 is 2.03 bits per heavy atom. The smallest absolute Gasteiger partial charge is 0.264 e. The highest BCUT2D eigenvalue weighted by atomic mass is 35.5. The van der Waals surface area contributed by atoms with Gasteiger partial charge in [0.1, 0.15) is 0 Å². The van der Waals surface area contributed by atoms with Gasteiger partial charge in [-0.1, -0.05) is 35.9 Å². The van der Waals surface area contributed by atoms with Gasteiger partial charge in [0.25, 0.3) is 10.0 Å². The van der Waals surface area contributed by atoms with Crippen molar-refractivity contribution in [1.82, 2.24) is 4.90 Å². The van der Waals surface area contributed by atoms with E-state index >= 15 is 0 Å². The van der Waals surface area contributed by atoms with E-state index in [0.29, 0.717) is 22.8 Å². The Balaban J connectivity index is 1.32. The number of carbonyl (C=O) groups excluding carboxylic acids is 2. The van der Waals surface area contributed by atoms with Crippen molar-refractivity contribution in [2.45, 2.75) is 30.6 Å². The maximum absolute atomic E-state index is 12.9. The minimum Gasteiger partial charge on any atom is -0.342 e. The van der Waals surface area contributed by atoms with E-state index in [4.69, 9.17) is 11.6 Å². The van der Waals surface area contributed by atoms with E-state index in [0.717, 1.165) is 37.1 Å². The number of hydrogen-bond donors (Lipinski definition) is 1. The number of benzene rings is 3. The van der Waals surface area contributed by atoms with Crippen LogP contribution in [-0.4, -0.2) is 45.3 Å². The van der Waals surface area contributed by atoms with Crippen molar-refractivity contribution in [3.05, 3.63) is 88.9 Å². The second-order valence-electron chi connectivity index (χ2n) is 8.78. The molecule has 3 aromatic rings. The van der Waals surface area contributed by atoms with Gasteiger partial charge in [0.15, 0.2) is 0 Å². The first kappa shape index (κ1) is 25.7. The van der Waals surface area contributed by atoms with Crippen molar-refractivity contribution in [1.29, 1.82) is 0 Å². The van der Waals surface area contributed by atoms with Crippen LogP contribution < -0.4 is 9.62 Å². The lowest BCUT2D eigenvalue weighted by atomic mass is 10.1. The predicted octanol–water partition coefficient (Wildman–Crippen LogP) is 4.51. The summed E-state index contributed by atoms with van der Waals surface area (Å²) in [5, 5.41) is 3.32. The first-order valence-corrected chi connectivity index (χ1v) is 13.5. The fourth-order valence-electron chi connectivity index (χ4n) is 4.08. The third-order valence-electron chi connectivity index (χ3n) is 6.19. The molecule has 2 amide bonds. The molecule has 0 bridgehead atoms. The molecule has 0 aliphatic carbocycles. The van der Waals surface area contributed by atoms with Crippen molar-refractivity contribution in [2.24, 2.45) is 0 Å². The summed E-state index contributed by atoms with van der Waals surface area (Å²) in [6.07, 6.45) is 2.64. The van der Waals surface area contributed by atoms with Crippen LogP contribution in [0.15, 0.2) is 77.7 Å². The van der Waals surface area contributed by atoms with Gasteiger partial charge in [0, 0.05) is 30.8 Å². The van der Waals surface area contributed by atoms with Crippen LogP contribution >= 0.6 is 11.6 Å². The zero-order valence-electron chi connectivity index (χ0n) is 20.0. The van der Waals surface area contributed by atoms with E-state index in [-0.39, 0.29) is 23.1 Å². The van der Waals surface area contributed by atoms with E-state index in [9.17, 15) is 18.0 Å². The van der Waals surface area contributed by atoms with Crippen LogP contribution in [0.5, 0.6) is 0 Å².